The summed E-state index contributed by atoms with van der Waals surface area (Å²) in [6.07, 6.45) is 3.99. The molecule has 4 rings (SSSR count). The number of nitrogens with zero attached hydrogens (tertiary/aromatic N) is 3. The Labute approximate surface area is 128 Å². The molecule has 3 heterocycles. The summed E-state index contributed by atoms with van der Waals surface area (Å²) in [6.45, 7) is 4.07. The summed E-state index contributed by atoms with van der Waals surface area (Å²) in [5, 5.41) is 8.55. The van der Waals surface area contributed by atoms with E-state index in [9.17, 15) is 4.79 Å². The van der Waals surface area contributed by atoms with Crippen molar-refractivity contribution in [2.24, 2.45) is 7.05 Å². The standard InChI is InChI=1S/C17H20N4O/c1-11-3-4-14-13(9-11)17(22)16-15(10-19-20(16)2)21(14)12-5-7-18-8-6-12/h3-4,9-10,12,18H,5-8H2,1-2H3. The molecule has 114 valence electrons. The quantitative estimate of drug-likeness (QED) is 0.748. The number of aryl methyl sites for hydroxylation is 2. The van der Waals surface area contributed by atoms with E-state index in [2.05, 4.69) is 27.1 Å². The highest BCUT2D eigenvalue weighted by molar-refractivity contribution is 5.92. The molecule has 0 saturated carbocycles. The molecule has 5 nitrogen and oxygen atoms in total. The Kier molecular flexibility index (Phi) is 3.04. The molecule has 1 saturated heterocycles. The van der Waals surface area contributed by atoms with Crippen LogP contribution in [0.4, 0.5) is 0 Å². The monoisotopic (exact) mass is 296 g/mol. The molecule has 5 heteroatoms. The van der Waals surface area contributed by atoms with Crippen LogP contribution >= 0.6 is 0 Å². The van der Waals surface area contributed by atoms with Gasteiger partial charge in [0.25, 0.3) is 0 Å². The van der Waals surface area contributed by atoms with Gasteiger partial charge >= 0.3 is 0 Å². The van der Waals surface area contributed by atoms with Crippen molar-refractivity contribution in [3.05, 3.63) is 40.2 Å². The van der Waals surface area contributed by atoms with Crippen LogP contribution in [0.15, 0.2) is 29.2 Å². The summed E-state index contributed by atoms with van der Waals surface area (Å²) in [6, 6.07) is 6.59. The maximum atomic E-state index is 12.9. The van der Waals surface area contributed by atoms with Crippen LogP contribution in [0.5, 0.6) is 0 Å². The lowest BCUT2D eigenvalue weighted by Gasteiger charge is -2.27. The number of rotatable bonds is 1. The summed E-state index contributed by atoms with van der Waals surface area (Å²) in [4.78, 5) is 12.9. The first-order valence-corrected chi connectivity index (χ1v) is 7.84. The van der Waals surface area contributed by atoms with Gasteiger partial charge in [-0.25, -0.2) is 0 Å². The minimum absolute atomic E-state index is 0.0823. The topological polar surface area (TPSA) is 51.9 Å². The van der Waals surface area contributed by atoms with Gasteiger partial charge in [0.1, 0.15) is 5.52 Å². The smallest absolute Gasteiger partial charge is 0.215 e. The van der Waals surface area contributed by atoms with E-state index in [-0.39, 0.29) is 5.43 Å². The van der Waals surface area contributed by atoms with Crippen molar-refractivity contribution in [3.63, 3.8) is 0 Å². The summed E-state index contributed by atoms with van der Waals surface area (Å²) < 4.78 is 4.04. The molecular weight excluding hydrogens is 276 g/mol. The van der Waals surface area contributed by atoms with Gasteiger partial charge in [-0.2, -0.15) is 5.10 Å². The Bertz CT molecular complexity index is 916. The lowest BCUT2D eigenvalue weighted by molar-refractivity contribution is 0.382. The van der Waals surface area contributed by atoms with E-state index in [1.54, 1.807) is 4.68 Å². The van der Waals surface area contributed by atoms with Crippen molar-refractivity contribution < 1.29 is 0 Å². The van der Waals surface area contributed by atoms with Crippen molar-refractivity contribution in [2.75, 3.05) is 13.1 Å². The predicted octanol–water partition coefficient (Wildman–Crippen LogP) is 2.12. The number of hydrogen-bond acceptors (Lipinski definition) is 3. The van der Waals surface area contributed by atoms with E-state index in [0.29, 0.717) is 11.6 Å². The molecular formula is C17H20N4O. The molecule has 0 aliphatic carbocycles. The molecule has 0 radical (unpaired) electrons. The molecule has 0 bridgehead atoms. The zero-order chi connectivity index (χ0) is 15.3. The fourth-order valence-electron chi connectivity index (χ4n) is 3.62. The van der Waals surface area contributed by atoms with Crippen molar-refractivity contribution in [1.29, 1.82) is 0 Å². The minimum atomic E-state index is 0.0823. The van der Waals surface area contributed by atoms with Crippen LogP contribution in [0.25, 0.3) is 21.9 Å². The molecule has 1 aromatic carbocycles. The maximum Gasteiger partial charge on any atom is 0.215 e. The summed E-state index contributed by atoms with van der Waals surface area (Å²) >= 11 is 0. The van der Waals surface area contributed by atoms with Gasteiger partial charge in [0.05, 0.1) is 17.2 Å². The third-order valence-corrected chi connectivity index (χ3v) is 4.72. The average Bonchev–Trinajstić information content (AvgIpc) is 2.91. The molecule has 0 unspecified atom stereocenters. The predicted molar refractivity (Wildman–Crippen MR) is 88.4 cm³/mol. The summed E-state index contributed by atoms with van der Waals surface area (Å²) in [7, 11) is 1.85. The second-order valence-electron chi connectivity index (χ2n) is 6.20. The average molecular weight is 296 g/mol. The molecule has 1 aliphatic rings. The minimum Gasteiger partial charge on any atom is -0.334 e. The molecule has 22 heavy (non-hydrogen) atoms. The molecule has 1 N–H and O–H groups in total. The van der Waals surface area contributed by atoms with Crippen molar-refractivity contribution in [2.45, 2.75) is 25.8 Å². The maximum absolute atomic E-state index is 12.9. The fourth-order valence-corrected chi connectivity index (χ4v) is 3.62. The van der Waals surface area contributed by atoms with Crippen LogP contribution in [0.1, 0.15) is 24.4 Å². The van der Waals surface area contributed by atoms with Gasteiger partial charge in [-0.3, -0.25) is 9.48 Å². The van der Waals surface area contributed by atoms with Gasteiger partial charge in [0.15, 0.2) is 0 Å². The van der Waals surface area contributed by atoms with Crippen LogP contribution in [-0.2, 0) is 7.05 Å². The second kappa shape index (κ2) is 4.95. The van der Waals surface area contributed by atoms with E-state index >= 15 is 0 Å². The lowest BCUT2D eigenvalue weighted by atomic mass is 10.0. The summed E-state index contributed by atoms with van der Waals surface area (Å²) in [5.74, 6) is 0. The number of benzene rings is 1. The van der Waals surface area contributed by atoms with Gasteiger partial charge in [-0.05, 0) is 45.0 Å². The molecule has 1 fully saturated rings. The van der Waals surface area contributed by atoms with Crippen LogP contribution in [-0.4, -0.2) is 27.4 Å². The van der Waals surface area contributed by atoms with E-state index < -0.39 is 0 Å². The van der Waals surface area contributed by atoms with E-state index in [1.807, 2.05) is 26.2 Å². The number of pyridine rings is 1. The SMILES string of the molecule is Cc1ccc2c(c1)c(=O)c1c(cnn1C)n2C1CCNCC1. The first-order valence-electron chi connectivity index (χ1n) is 7.84. The van der Waals surface area contributed by atoms with Crippen LogP contribution in [0.2, 0.25) is 0 Å². The molecule has 2 aromatic heterocycles. The van der Waals surface area contributed by atoms with Crippen molar-refractivity contribution >= 4 is 21.9 Å². The Morgan fingerprint density at radius 3 is 2.77 bits per heavy atom. The third-order valence-electron chi connectivity index (χ3n) is 4.72. The Morgan fingerprint density at radius 1 is 1.23 bits per heavy atom. The molecule has 0 spiro atoms. The van der Waals surface area contributed by atoms with E-state index in [0.717, 1.165) is 47.9 Å². The Morgan fingerprint density at radius 2 is 2.00 bits per heavy atom. The Balaban J connectivity index is 2.14. The number of fused-ring (bicyclic) bond motifs is 2. The van der Waals surface area contributed by atoms with Crippen LogP contribution in [0.3, 0.4) is 0 Å². The van der Waals surface area contributed by atoms with Gasteiger partial charge in [-0.15, -0.1) is 0 Å². The first-order chi connectivity index (χ1) is 10.7. The van der Waals surface area contributed by atoms with Crippen molar-refractivity contribution in [1.82, 2.24) is 19.7 Å². The third kappa shape index (κ3) is 1.89. The van der Waals surface area contributed by atoms with Crippen LogP contribution in [0, 0.1) is 6.92 Å². The van der Waals surface area contributed by atoms with E-state index in [4.69, 9.17) is 0 Å². The van der Waals surface area contributed by atoms with Crippen molar-refractivity contribution in [3.8, 4) is 0 Å². The highest BCUT2D eigenvalue weighted by atomic mass is 16.1. The normalized spacial score (nSPS) is 16.6. The highest BCUT2D eigenvalue weighted by Gasteiger charge is 2.21. The Hall–Kier alpha value is -2.14. The number of nitrogens with one attached hydrogen (secondary N) is 1. The largest absolute Gasteiger partial charge is 0.334 e. The molecule has 0 amide bonds. The van der Waals surface area contributed by atoms with Gasteiger partial charge < -0.3 is 9.88 Å². The fraction of sp³-hybridized carbons (Fsp3) is 0.412. The van der Waals surface area contributed by atoms with Crippen LogP contribution < -0.4 is 10.7 Å². The first kappa shape index (κ1) is 13.5. The summed E-state index contributed by atoms with van der Waals surface area (Å²) in [5.41, 5.74) is 3.89. The zero-order valence-electron chi connectivity index (χ0n) is 13.0. The molecule has 0 atom stereocenters. The van der Waals surface area contributed by atoms with E-state index in [1.165, 1.54) is 0 Å². The number of aromatic nitrogens is 3. The molecule has 3 aromatic rings. The zero-order valence-corrected chi connectivity index (χ0v) is 13.0. The lowest BCUT2D eigenvalue weighted by Crippen LogP contribution is -2.30. The number of piperidine rings is 1. The van der Waals surface area contributed by atoms with Gasteiger partial charge in [0, 0.05) is 18.5 Å². The van der Waals surface area contributed by atoms with Gasteiger partial charge in [0.2, 0.25) is 5.43 Å². The number of hydrogen-bond donors (Lipinski definition) is 1. The second-order valence-corrected chi connectivity index (χ2v) is 6.20. The molecule has 1 aliphatic heterocycles. The highest BCUT2D eigenvalue weighted by Crippen LogP contribution is 2.28. The van der Waals surface area contributed by atoms with Gasteiger partial charge in [-0.1, -0.05) is 11.6 Å².